The third-order valence-corrected chi connectivity index (χ3v) is 3.30. The van der Waals surface area contributed by atoms with Crippen molar-refractivity contribution in [2.75, 3.05) is 18.2 Å². The zero-order valence-electron chi connectivity index (χ0n) is 10.6. The molecular weight excluding hydrogens is 299 g/mol. The van der Waals surface area contributed by atoms with Gasteiger partial charge in [0.15, 0.2) is 0 Å². The van der Waals surface area contributed by atoms with Crippen molar-refractivity contribution in [1.29, 1.82) is 0 Å². The van der Waals surface area contributed by atoms with Crippen molar-refractivity contribution in [2.24, 2.45) is 0 Å². The quantitative estimate of drug-likeness (QED) is 0.661. The van der Waals surface area contributed by atoms with E-state index in [1.165, 1.54) is 13.2 Å². The molecule has 0 amide bonds. The van der Waals surface area contributed by atoms with Crippen molar-refractivity contribution in [3.63, 3.8) is 0 Å². The average molecular weight is 311 g/mol. The van der Waals surface area contributed by atoms with Crippen LogP contribution in [0.25, 0.3) is 0 Å². The number of methoxy groups -OCH3 is 1. The summed E-state index contributed by atoms with van der Waals surface area (Å²) in [7, 11) is 1.30. The van der Waals surface area contributed by atoms with Crippen LogP contribution in [-0.2, 0) is 4.74 Å². The highest BCUT2D eigenvalue weighted by molar-refractivity contribution is 6.39. The fourth-order valence-corrected chi connectivity index (χ4v) is 2.19. The van der Waals surface area contributed by atoms with Gasteiger partial charge in [0.1, 0.15) is 0 Å². The molecule has 0 radical (unpaired) electrons. The minimum absolute atomic E-state index is 0.309. The van der Waals surface area contributed by atoms with Gasteiger partial charge in [0.25, 0.3) is 0 Å². The Morgan fingerprint density at radius 1 is 1.20 bits per heavy atom. The number of carbonyl (C=O) groups is 1. The highest BCUT2D eigenvalue weighted by Crippen LogP contribution is 2.34. The van der Waals surface area contributed by atoms with Crippen LogP contribution in [0.3, 0.4) is 0 Å². The molecule has 4 nitrogen and oxygen atoms in total. The number of hydrogen-bond donors (Lipinski definition) is 2. The Labute approximate surface area is 126 Å². The molecule has 0 fully saturated rings. The molecule has 2 aromatic rings. The smallest absolute Gasteiger partial charge is 0.340 e. The molecule has 0 saturated heterocycles. The van der Waals surface area contributed by atoms with Gasteiger partial charge in [-0.05, 0) is 30.3 Å². The second kappa shape index (κ2) is 6.03. The first kappa shape index (κ1) is 14.5. The van der Waals surface area contributed by atoms with Crippen LogP contribution in [0, 0.1) is 0 Å². The predicted molar refractivity (Wildman–Crippen MR) is 81.9 cm³/mol. The Morgan fingerprint density at radius 3 is 2.45 bits per heavy atom. The second-order valence-corrected chi connectivity index (χ2v) is 4.83. The van der Waals surface area contributed by atoms with E-state index in [1.54, 1.807) is 30.3 Å². The molecule has 0 saturated carbocycles. The third-order valence-electron chi connectivity index (χ3n) is 2.67. The Bertz CT molecular complexity index is 639. The van der Waals surface area contributed by atoms with Gasteiger partial charge in [-0.2, -0.15) is 0 Å². The normalized spacial score (nSPS) is 10.2. The molecule has 0 aromatic heterocycles. The molecule has 0 bridgehead atoms. The number of nitrogens with one attached hydrogen (secondary N) is 1. The molecule has 2 rings (SSSR count). The highest BCUT2D eigenvalue weighted by Gasteiger charge is 2.14. The molecule has 0 atom stereocenters. The molecule has 0 heterocycles. The van der Waals surface area contributed by atoms with Gasteiger partial charge in [0, 0.05) is 5.69 Å². The Morgan fingerprint density at radius 2 is 1.85 bits per heavy atom. The van der Waals surface area contributed by atoms with E-state index in [9.17, 15) is 4.79 Å². The molecule has 2 aromatic carbocycles. The van der Waals surface area contributed by atoms with Crippen LogP contribution in [0.15, 0.2) is 36.4 Å². The zero-order valence-corrected chi connectivity index (χ0v) is 12.1. The standard InChI is InChI=1S/C14H12Cl2N2O2/c1-20-14(19)9-7-8(17)5-6-12(9)18-13-10(15)3-2-4-11(13)16/h2-7,18H,17H2,1H3. The molecule has 0 aliphatic rings. The first-order valence-electron chi connectivity index (χ1n) is 5.72. The number of nitrogen functional groups attached to an aromatic ring is 1. The van der Waals surface area contributed by atoms with Crippen LogP contribution in [-0.4, -0.2) is 13.1 Å². The summed E-state index contributed by atoms with van der Waals surface area (Å²) in [5, 5.41) is 3.93. The van der Waals surface area contributed by atoms with Crippen LogP contribution in [0.5, 0.6) is 0 Å². The summed E-state index contributed by atoms with van der Waals surface area (Å²) in [5.41, 5.74) is 7.49. The number of benzene rings is 2. The van der Waals surface area contributed by atoms with E-state index in [4.69, 9.17) is 33.7 Å². The zero-order chi connectivity index (χ0) is 14.7. The van der Waals surface area contributed by atoms with Gasteiger partial charge < -0.3 is 15.8 Å². The number of rotatable bonds is 3. The van der Waals surface area contributed by atoms with E-state index in [1.807, 2.05) is 0 Å². The lowest BCUT2D eigenvalue weighted by Crippen LogP contribution is -2.07. The summed E-state index contributed by atoms with van der Waals surface area (Å²) in [6.45, 7) is 0. The molecule has 0 spiro atoms. The lowest BCUT2D eigenvalue weighted by atomic mass is 10.1. The first-order valence-corrected chi connectivity index (χ1v) is 6.47. The average Bonchev–Trinajstić information content (AvgIpc) is 2.43. The van der Waals surface area contributed by atoms with E-state index in [-0.39, 0.29) is 0 Å². The molecule has 0 aliphatic carbocycles. The van der Waals surface area contributed by atoms with Crippen molar-refractivity contribution in [2.45, 2.75) is 0 Å². The number of halogens is 2. The first-order chi connectivity index (χ1) is 9.52. The van der Waals surface area contributed by atoms with Crippen molar-refractivity contribution in [3.05, 3.63) is 52.0 Å². The number of para-hydroxylation sites is 1. The number of nitrogens with two attached hydrogens (primary N) is 1. The molecule has 6 heteroatoms. The Hall–Kier alpha value is -1.91. The summed E-state index contributed by atoms with van der Waals surface area (Å²) < 4.78 is 4.73. The van der Waals surface area contributed by atoms with E-state index in [2.05, 4.69) is 5.32 Å². The molecule has 104 valence electrons. The second-order valence-electron chi connectivity index (χ2n) is 4.02. The monoisotopic (exact) mass is 310 g/mol. The van der Waals surface area contributed by atoms with E-state index >= 15 is 0 Å². The number of carbonyl (C=O) groups excluding carboxylic acids is 1. The van der Waals surface area contributed by atoms with Crippen LogP contribution in [0.4, 0.5) is 17.1 Å². The van der Waals surface area contributed by atoms with Gasteiger partial charge in [-0.1, -0.05) is 29.3 Å². The van der Waals surface area contributed by atoms with Crippen molar-refractivity contribution in [1.82, 2.24) is 0 Å². The van der Waals surface area contributed by atoms with Gasteiger partial charge in [-0.3, -0.25) is 0 Å². The summed E-state index contributed by atoms with van der Waals surface area (Å²) in [6, 6.07) is 10.00. The fraction of sp³-hybridized carbons (Fsp3) is 0.0714. The third kappa shape index (κ3) is 2.98. The summed E-state index contributed by atoms with van der Waals surface area (Å²) in [4.78, 5) is 11.8. The Balaban J connectivity index is 2.46. The SMILES string of the molecule is COC(=O)c1cc(N)ccc1Nc1c(Cl)cccc1Cl. The molecule has 20 heavy (non-hydrogen) atoms. The van der Waals surface area contributed by atoms with Gasteiger partial charge in [-0.15, -0.1) is 0 Å². The molecular formula is C14H12Cl2N2O2. The number of anilines is 3. The van der Waals surface area contributed by atoms with E-state index < -0.39 is 5.97 Å². The van der Waals surface area contributed by atoms with Gasteiger partial charge in [0.05, 0.1) is 34.1 Å². The fourth-order valence-electron chi connectivity index (χ4n) is 1.70. The van der Waals surface area contributed by atoms with Crippen LogP contribution in [0.1, 0.15) is 10.4 Å². The lowest BCUT2D eigenvalue weighted by Gasteiger charge is -2.13. The maximum Gasteiger partial charge on any atom is 0.340 e. The van der Waals surface area contributed by atoms with Gasteiger partial charge >= 0.3 is 5.97 Å². The summed E-state index contributed by atoms with van der Waals surface area (Å²) >= 11 is 12.2. The van der Waals surface area contributed by atoms with E-state index in [0.29, 0.717) is 32.7 Å². The minimum atomic E-state index is -0.497. The highest BCUT2D eigenvalue weighted by atomic mass is 35.5. The maximum atomic E-state index is 11.8. The van der Waals surface area contributed by atoms with Crippen LogP contribution >= 0.6 is 23.2 Å². The molecule has 0 unspecified atom stereocenters. The lowest BCUT2D eigenvalue weighted by molar-refractivity contribution is 0.0602. The minimum Gasteiger partial charge on any atom is -0.465 e. The largest absolute Gasteiger partial charge is 0.465 e. The predicted octanol–water partition coefficient (Wildman–Crippen LogP) is 4.11. The topological polar surface area (TPSA) is 64.3 Å². The summed E-state index contributed by atoms with van der Waals surface area (Å²) in [5.74, 6) is -0.497. The van der Waals surface area contributed by atoms with Crippen molar-refractivity contribution in [3.8, 4) is 0 Å². The van der Waals surface area contributed by atoms with Gasteiger partial charge in [-0.25, -0.2) is 4.79 Å². The number of ether oxygens (including phenoxy) is 1. The Kier molecular flexibility index (Phi) is 4.37. The van der Waals surface area contributed by atoms with Crippen molar-refractivity contribution >= 4 is 46.2 Å². The van der Waals surface area contributed by atoms with Crippen molar-refractivity contribution < 1.29 is 9.53 Å². The molecule has 3 N–H and O–H groups in total. The maximum absolute atomic E-state index is 11.8. The number of hydrogen-bond acceptors (Lipinski definition) is 4. The van der Waals surface area contributed by atoms with E-state index in [0.717, 1.165) is 0 Å². The van der Waals surface area contributed by atoms with Crippen LogP contribution in [0.2, 0.25) is 10.0 Å². The van der Waals surface area contributed by atoms with Gasteiger partial charge in [0.2, 0.25) is 0 Å². The summed E-state index contributed by atoms with van der Waals surface area (Å²) in [6.07, 6.45) is 0. The number of esters is 1. The molecule has 0 aliphatic heterocycles. The van der Waals surface area contributed by atoms with Crippen LogP contribution < -0.4 is 11.1 Å².